The molecule has 138 valence electrons. The Hall–Kier alpha value is -2.63. The molecule has 2 aliphatic heterocycles. The van der Waals surface area contributed by atoms with Crippen molar-refractivity contribution >= 4 is 23.8 Å². The molecule has 1 unspecified atom stereocenters. The molecule has 0 aliphatic carbocycles. The number of carbonyl (C=O) groups is 3. The maximum Gasteiger partial charge on any atom is 0.224 e. The maximum atomic E-state index is 12.4. The van der Waals surface area contributed by atoms with Gasteiger partial charge in [0, 0.05) is 39.2 Å². The van der Waals surface area contributed by atoms with E-state index in [-0.39, 0.29) is 30.2 Å². The molecule has 26 heavy (non-hydrogen) atoms. The molecule has 2 aliphatic rings. The Morgan fingerprint density at radius 2 is 1.88 bits per heavy atom. The third kappa shape index (κ3) is 4.12. The number of carbonyl (C=O) groups excluding carboxylic acids is 3. The van der Waals surface area contributed by atoms with Crippen LogP contribution in [0.15, 0.2) is 30.5 Å². The smallest absolute Gasteiger partial charge is 0.224 e. The summed E-state index contributed by atoms with van der Waals surface area (Å²) in [5.41, 5.74) is 1.99. The number of hydrogen-bond donors (Lipinski definition) is 1. The van der Waals surface area contributed by atoms with E-state index in [4.69, 9.17) is 0 Å². The van der Waals surface area contributed by atoms with E-state index in [1.54, 1.807) is 11.1 Å². The lowest BCUT2D eigenvalue weighted by molar-refractivity contribution is -0.130. The van der Waals surface area contributed by atoms with Crippen molar-refractivity contribution in [1.82, 2.24) is 15.1 Å². The summed E-state index contributed by atoms with van der Waals surface area (Å²) in [7, 11) is 0. The molecule has 1 atom stereocenters. The first-order valence-corrected chi connectivity index (χ1v) is 9.17. The van der Waals surface area contributed by atoms with Gasteiger partial charge in [-0.3, -0.25) is 14.4 Å². The van der Waals surface area contributed by atoms with E-state index in [0.29, 0.717) is 13.0 Å². The first-order valence-electron chi connectivity index (χ1n) is 9.17. The largest absolute Gasteiger partial charge is 0.356 e. The number of rotatable bonds is 5. The Balaban J connectivity index is 1.57. The second-order valence-electron chi connectivity index (χ2n) is 6.78. The second-order valence-corrected chi connectivity index (χ2v) is 6.78. The van der Waals surface area contributed by atoms with Gasteiger partial charge in [-0.1, -0.05) is 24.3 Å². The molecule has 1 aromatic rings. The van der Waals surface area contributed by atoms with Gasteiger partial charge >= 0.3 is 0 Å². The highest BCUT2D eigenvalue weighted by molar-refractivity contribution is 5.82. The SMILES string of the molecule is CC(=O)N1C=Cc2ccccc2C1CC(=O)NCCC(=O)N1CCCC1. The number of hydrogen-bond acceptors (Lipinski definition) is 3. The van der Waals surface area contributed by atoms with E-state index in [0.717, 1.165) is 37.1 Å². The van der Waals surface area contributed by atoms with E-state index in [9.17, 15) is 14.4 Å². The van der Waals surface area contributed by atoms with E-state index in [1.807, 2.05) is 35.2 Å². The number of likely N-dealkylation sites (tertiary alicyclic amines) is 1. The molecule has 1 N–H and O–H groups in total. The Morgan fingerprint density at radius 1 is 1.15 bits per heavy atom. The van der Waals surface area contributed by atoms with Gasteiger partial charge in [0.2, 0.25) is 17.7 Å². The zero-order chi connectivity index (χ0) is 18.5. The van der Waals surface area contributed by atoms with Crippen molar-refractivity contribution in [3.8, 4) is 0 Å². The summed E-state index contributed by atoms with van der Waals surface area (Å²) in [4.78, 5) is 39.8. The van der Waals surface area contributed by atoms with Crippen molar-refractivity contribution in [1.29, 1.82) is 0 Å². The average Bonchev–Trinajstić information content (AvgIpc) is 3.16. The summed E-state index contributed by atoms with van der Waals surface area (Å²) in [6.07, 6.45) is 6.25. The van der Waals surface area contributed by atoms with E-state index >= 15 is 0 Å². The van der Waals surface area contributed by atoms with Gasteiger partial charge in [0.25, 0.3) is 0 Å². The normalized spacial score (nSPS) is 18.6. The Labute approximate surface area is 153 Å². The third-order valence-electron chi connectivity index (χ3n) is 4.97. The van der Waals surface area contributed by atoms with Crippen molar-refractivity contribution < 1.29 is 14.4 Å². The van der Waals surface area contributed by atoms with Crippen LogP contribution in [0.1, 0.15) is 49.8 Å². The highest BCUT2D eigenvalue weighted by Crippen LogP contribution is 2.32. The number of benzene rings is 1. The van der Waals surface area contributed by atoms with Gasteiger partial charge in [-0.05, 0) is 30.0 Å². The highest BCUT2D eigenvalue weighted by Gasteiger charge is 2.28. The van der Waals surface area contributed by atoms with Gasteiger partial charge in [-0.15, -0.1) is 0 Å². The van der Waals surface area contributed by atoms with Crippen molar-refractivity contribution in [3.63, 3.8) is 0 Å². The molecule has 0 radical (unpaired) electrons. The molecule has 1 saturated heterocycles. The fraction of sp³-hybridized carbons (Fsp3) is 0.450. The highest BCUT2D eigenvalue weighted by atomic mass is 16.2. The van der Waals surface area contributed by atoms with Crippen LogP contribution in [0.5, 0.6) is 0 Å². The standard InChI is InChI=1S/C20H25N3O3/c1-15(24)23-13-9-16-6-2-3-7-17(16)18(23)14-19(25)21-10-8-20(26)22-11-4-5-12-22/h2-3,6-7,9,13,18H,4-5,8,10-12,14H2,1H3,(H,21,25). The molecule has 2 heterocycles. The Morgan fingerprint density at radius 3 is 2.62 bits per heavy atom. The van der Waals surface area contributed by atoms with Crippen LogP contribution in [-0.4, -0.2) is 47.2 Å². The molecule has 3 amide bonds. The lowest BCUT2D eigenvalue weighted by Crippen LogP contribution is -2.36. The molecule has 0 aromatic heterocycles. The van der Waals surface area contributed by atoms with Crippen molar-refractivity contribution in [3.05, 3.63) is 41.6 Å². The Kier molecular flexibility index (Phi) is 5.71. The maximum absolute atomic E-state index is 12.4. The van der Waals surface area contributed by atoms with Gasteiger partial charge in [-0.25, -0.2) is 0 Å². The molecule has 1 aromatic carbocycles. The van der Waals surface area contributed by atoms with Crippen molar-refractivity contribution in [2.75, 3.05) is 19.6 Å². The molecule has 1 fully saturated rings. The predicted molar refractivity (Wildman–Crippen MR) is 98.8 cm³/mol. The van der Waals surface area contributed by atoms with Crippen LogP contribution in [0.3, 0.4) is 0 Å². The molecule has 0 bridgehead atoms. The van der Waals surface area contributed by atoms with Crippen LogP contribution in [0, 0.1) is 0 Å². The number of nitrogens with one attached hydrogen (secondary N) is 1. The fourth-order valence-corrected chi connectivity index (χ4v) is 3.59. The minimum absolute atomic E-state index is 0.0964. The average molecular weight is 355 g/mol. The lowest BCUT2D eigenvalue weighted by Gasteiger charge is -2.32. The second kappa shape index (κ2) is 8.17. The van der Waals surface area contributed by atoms with Gasteiger partial charge in [-0.2, -0.15) is 0 Å². The van der Waals surface area contributed by atoms with Crippen LogP contribution in [0.25, 0.3) is 6.08 Å². The summed E-state index contributed by atoms with van der Waals surface area (Å²) >= 11 is 0. The lowest BCUT2D eigenvalue weighted by atomic mass is 9.93. The molecular formula is C20H25N3O3. The molecule has 6 heteroatoms. The summed E-state index contributed by atoms with van der Waals surface area (Å²) in [6.45, 7) is 3.48. The van der Waals surface area contributed by atoms with Crippen molar-refractivity contribution in [2.45, 2.75) is 38.6 Å². The summed E-state index contributed by atoms with van der Waals surface area (Å²) in [5.74, 6) is -0.155. The molecule has 6 nitrogen and oxygen atoms in total. The summed E-state index contributed by atoms with van der Waals surface area (Å²) < 4.78 is 0. The quantitative estimate of drug-likeness (QED) is 0.879. The van der Waals surface area contributed by atoms with Gasteiger partial charge in [0.1, 0.15) is 0 Å². The van der Waals surface area contributed by atoms with E-state index in [1.165, 1.54) is 6.92 Å². The minimum Gasteiger partial charge on any atom is -0.356 e. The monoisotopic (exact) mass is 355 g/mol. The molecule has 3 rings (SSSR count). The van der Waals surface area contributed by atoms with Crippen LogP contribution in [-0.2, 0) is 14.4 Å². The van der Waals surface area contributed by atoms with Crippen LogP contribution < -0.4 is 5.32 Å². The van der Waals surface area contributed by atoms with Crippen LogP contribution in [0.4, 0.5) is 0 Å². The Bertz CT molecular complexity index is 723. The van der Waals surface area contributed by atoms with Gasteiger partial charge < -0.3 is 15.1 Å². The summed E-state index contributed by atoms with van der Waals surface area (Å²) in [6, 6.07) is 7.46. The zero-order valence-electron chi connectivity index (χ0n) is 15.1. The number of amides is 3. The predicted octanol–water partition coefficient (Wildman–Crippen LogP) is 2.08. The molecular weight excluding hydrogens is 330 g/mol. The molecule has 0 saturated carbocycles. The zero-order valence-corrected chi connectivity index (χ0v) is 15.1. The minimum atomic E-state index is -0.317. The van der Waals surface area contributed by atoms with Crippen molar-refractivity contribution in [2.24, 2.45) is 0 Å². The first kappa shape index (κ1) is 18.2. The third-order valence-corrected chi connectivity index (χ3v) is 4.97. The molecule has 0 spiro atoms. The van der Waals surface area contributed by atoms with E-state index < -0.39 is 0 Å². The fourth-order valence-electron chi connectivity index (χ4n) is 3.59. The van der Waals surface area contributed by atoms with E-state index in [2.05, 4.69) is 5.32 Å². The number of fused-ring (bicyclic) bond motifs is 1. The van der Waals surface area contributed by atoms with Crippen LogP contribution in [0.2, 0.25) is 0 Å². The van der Waals surface area contributed by atoms with Gasteiger partial charge in [0.05, 0.1) is 12.5 Å². The summed E-state index contributed by atoms with van der Waals surface area (Å²) in [5, 5.41) is 2.83. The topological polar surface area (TPSA) is 69.7 Å². The first-order chi connectivity index (χ1) is 12.6. The van der Waals surface area contributed by atoms with Crippen LogP contribution >= 0.6 is 0 Å². The van der Waals surface area contributed by atoms with Gasteiger partial charge in [0.15, 0.2) is 0 Å². The number of nitrogens with zero attached hydrogens (tertiary/aromatic N) is 2.